The maximum Gasteiger partial charge on any atom is 0.137 e. The molecule has 0 unspecified atom stereocenters. The largest absolute Gasteiger partial charge is 0.457 e. The van der Waals surface area contributed by atoms with Crippen LogP contribution in [0.5, 0.6) is 11.5 Å². The molecule has 2 bridgehead atoms. The van der Waals surface area contributed by atoms with E-state index in [1.165, 1.54) is 59.3 Å². The normalized spacial score (nSPS) is 19.8. The third-order valence-corrected chi connectivity index (χ3v) is 11.7. The van der Waals surface area contributed by atoms with E-state index in [-0.39, 0.29) is 5.41 Å². The van der Waals surface area contributed by atoms with Crippen LogP contribution in [-0.2, 0) is 5.41 Å². The number of para-hydroxylation sites is 3. The number of ether oxygens (including phenoxy) is 1. The fourth-order valence-electron chi connectivity index (χ4n) is 9.16. The average Bonchev–Trinajstić information content (AvgIpc) is 3.84. The van der Waals surface area contributed by atoms with Crippen molar-refractivity contribution in [3.8, 4) is 33.8 Å². The van der Waals surface area contributed by atoms with Gasteiger partial charge in [0.1, 0.15) is 17.3 Å². The minimum atomic E-state index is -0.0191. The van der Waals surface area contributed by atoms with Crippen LogP contribution in [0.1, 0.15) is 52.0 Å². The molecule has 3 heterocycles. The van der Waals surface area contributed by atoms with E-state index in [1.807, 2.05) is 6.20 Å². The van der Waals surface area contributed by atoms with Gasteiger partial charge in [0.25, 0.3) is 0 Å². The minimum absolute atomic E-state index is 0.0191. The Morgan fingerprint density at radius 3 is 2.08 bits per heavy atom. The number of nitrogens with zero attached hydrogens (tertiary/aromatic N) is 4. The van der Waals surface area contributed by atoms with Gasteiger partial charge in [-0.1, -0.05) is 81.4 Å². The molecule has 5 aromatic carbocycles. The summed E-state index contributed by atoms with van der Waals surface area (Å²) < 4.78 is 6.78. The number of pyridine rings is 1. The molecule has 5 aliphatic rings. The Balaban J connectivity index is 1.05. The average molecular weight is 667 g/mol. The summed E-state index contributed by atoms with van der Waals surface area (Å²) in [4.78, 5) is 12.5. The van der Waals surface area contributed by atoms with Crippen LogP contribution in [-0.4, -0.2) is 17.2 Å². The third kappa shape index (κ3) is 4.85. The molecule has 3 aliphatic carbocycles. The highest BCUT2D eigenvalue weighted by atomic mass is 16.5. The Morgan fingerprint density at radius 1 is 0.647 bits per heavy atom. The SMILES string of the molecule is CC(C)(C)c1ccnc(N2c3ccccc3-c3ccccc3-c3ccc(Oc4cccc(N5CN(C67CCC(C6)C7)c6ccccc65)c4)cc32)c1. The first-order chi connectivity index (χ1) is 24.8. The zero-order valence-corrected chi connectivity index (χ0v) is 29.5. The lowest BCUT2D eigenvalue weighted by Crippen LogP contribution is -2.53. The van der Waals surface area contributed by atoms with Gasteiger partial charge in [-0.15, -0.1) is 0 Å². The molecule has 3 fully saturated rings. The van der Waals surface area contributed by atoms with Crippen molar-refractivity contribution < 1.29 is 4.74 Å². The molecule has 0 amide bonds. The van der Waals surface area contributed by atoms with Gasteiger partial charge in [0, 0.05) is 40.7 Å². The molecule has 6 aromatic rings. The first-order valence-corrected chi connectivity index (χ1v) is 18.4. The van der Waals surface area contributed by atoms with Crippen molar-refractivity contribution in [2.45, 2.75) is 57.4 Å². The van der Waals surface area contributed by atoms with Crippen LogP contribution in [0.2, 0.25) is 0 Å². The second-order valence-corrected chi connectivity index (χ2v) is 15.9. The highest BCUT2D eigenvalue weighted by Gasteiger charge is 2.55. The van der Waals surface area contributed by atoms with Crippen LogP contribution in [0.15, 0.2) is 134 Å². The summed E-state index contributed by atoms with van der Waals surface area (Å²) in [6.45, 7) is 7.63. The Hall–Kier alpha value is -5.55. The molecule has 1 aromatic heterocycles. The van der Waals surface area contributed by atoms with Gasteiger partial charge in [-0.05, 0) is 108 Å². The monoisotopic (exact) mass is 666 g/mol. The molecule has 252 valence electrons. The first kappa shape index (κ1) is 30.3. The Kier molecular flexibility index (Phi) is 6.67. The van der Waals surface area contributed by atoms with Gasteiger partial charge < -0.3 is 14.5 Å². The number of hydrogen-bond acceptors (Lipinski definition) is 5. The molecule has 0 atom stereocenters. The number of aromatic nitrogens is 1. The predicted octanol–water partition coefficient (Wildman–Crippen LogP) is 12.1. The van der Waals surface area contributed by atoms with Crippen molar-refractivity contribution in [2.75, 3.05) is 21.4 Å². The lowest BCUT2D eigenvalue weighted by Gasteiger charge is -2.47. The highest BCUT2D eigenvalue weighted by molar-refractivity contribution is 6.02. The molecule has 0 N–H and O–H groups in total. The smallest absolute Gasteiger partial charge is 0.137 e. The van der Waals surface area contributed by atoms with E-state index in [1.54, 1.807) is 0 Å². The van der Waals surface area contributed by atoms with Gasteiger partial charge in [0.15, 0.2) is 0 Å². The van der Waals surface area contributed by atoms with E-state index in [0.29, 0.717) is 5.54 Å². The van der Waals surface area contributed by atoms with Gasteiger partial charge in [-0.25, -0.2) is 4.98 Å². The number of rotatable bonds is 5. The van der Waals surface area contributed by atoms with E-state index in [0.717, 1.165) is 52.5 Å². The van der Waals surface area contributed by atoms with E-state index in [4.69, 9.17) is 9.72 Å². The zero-order valence-electron chi connectivity index (χ0n) is 29.5. The molecule has 5 nitrogen and oxygen atoms in total. The molecular formula is C46H42N4O. The molecule has 3 saturated carbocycles. The molecular weight excluding hydrogens is 625 g/mol. The summed E-state index contributed by atoms with van der Waals surface area (Å²) in [6.07, 6.45) is 7.28. The predicted molar refractivity (Wildman–Crippen MR) is 209 cm³/mol. The summed E-state index contributed by atoms with van der Waals surface area (Å²) in [7, 11) is 0. The first-order valence-electron chi connectivity index (χ1n) is 18.4. The maximum atomic E-state index is 6.78. The maximum absolute atomic E-state index is 6.78. The van der Waals surface area contributed by atoms with Crippen LogP contribution in [0.3, 0.4) is 0 Å². The van der Waals surface area contributed by atoms with Gasteiger partial charge in [0.2, 0.25) is 0 Å². The fraction of sp³-hybridized carbons (Fsp3) is 0.239. The van der Waals surface area contributed by atoms with E-state index in [9.17, 15) is 0 Å². The van der Waals surface area contributed by atoms with Crippen molar-refractivity contribution in [2.24, 2.45) is 5.92 Å². The number of hydrogen-bond donors (Lipinski definition) is 0. The van der Waals surface area contributed by atoms with Crippen LogP contribution < -0.4 is 19.4 Å². The third-order valence-electron chi connectivity index (χ3n) is 11.7. The Bertz CT molecular complexity index is 2310. The molecule has 0 saturated heterocycles. The summed E-state index contributed by atoms with van der Waals surface area (Å²) >= 11 is 0. The van der Waals surface area contributed by atoms with Crippen LogP contribution in [0.4, 0.5) is 34.3 Å². The molecule has 0 radical (unpaired) electrons. The van der Waals surface area contributed by atoms with Gasteiger partial charge in [-0.2, -0.15) is 0 Å². The standard InChI is InChI=1S/C46H42N4O/c1-45(2,3)32-22-24-47-44(25-32)50-40-16-7-6-15-38(40)36-13-4-5-14-37(36)39-20-19-35(27-43(39)50)51-34-12-10-11-33(26-34)48-30-49(42-18-9-8-17-41(42)48)46-23-21-31(28-46)29-46/h4-20,22,24-27,31H,21,23,28-30H2,1-3H3. The molecule has 5 heteroatoms. The number of fused-ring (bicyclic) bond motifs is 7. The van der Waals surface area contributed by atoms with Crippen molar-refractivity contribution in [1.82, 2.24) is 4.98 Å². The highest BCUT2D eigenvalue weighted by Crippen LogP contribution is 2.59. The number of benzene rings is 5. The molecule has 51 heavy (non-hydrogen) atoms. The fourth-order valence-corrected chi connectivity index (χ4v) is 9.16. The zero-order chi connectivity index (χ0) is 34.3. The van der Waals surface area contributed by atoms with E-state index >= 15 is 0 Å². The second kappa shape index (κ2) is 11.2. The van der Waals surface area contributed by atoms with Gasteiger partial charge >= 0.3 is 0 Å². The van der Waals surface area contributed by atoms with Crippen LogP contribution in [0.25, 0.3) is 22.3 Å². The van der Waals surface area contributed by atoms with Gasteiger partial charge in [0.05, 0.1) is 29.4 Å². The van der Waals surface area contributed by atoms with E-state index < -0.39 is 0 Å². The molecule has 11 rings (SSSR count). The van der Waals surface area contributed by atoms with Crippen molar-refractivity contribution in [3.05, 3.63) is 139 Å². The second-order valence-electron chi connectivity index (χ2n) is 15.9. The minimum Gasteiger partial charge on any atom is -0.457 e. The summed E-state index contributed by atoms with van der Waals surface area (Å²) in [6, 6.07) is 45.7. The Morgan fingerprint density at radius 2 is 1.33 bits per heavy atom. The van der Waals surface area contributed by atoms with E-state index in [2.05, 4.69) is 163 Å². The van der Waals surface area contributed by atoms with Crippen molar-refractivity contribution in [1.29, 1.82) is 0 Å². The van der Waals surface area contributed by atoms with Crippen LogP contribution >= 0.6 is 0 Å². The lowest BCUT2D eigenvalue weighted by atomic mass is 9.76. The topological polar surface area (TPSA) is 31.8 Å². The Labute approximate surface area is 300 Å². The summed E-state index contributed by atoms with van der Waals surface area (Å²) in [5.74, 6) is 3.41. The molecule has 0 spiro atoms. The number of anilines is 6. The lowest BCUT2D eigenvalue weighted by molar-refractivity contribution is 0.232. The quantitative estimate of drug-likeness (QED) is 0.183. The van der Waals surface area contributed by atoms with Crippen molar-refractivity contribution in [3.63, 3.8) is 0 Å². The van der Waals surface area contributed by atoms with Crippen LogP contribution in [0, 0.1) is 5.92 Å². The van der Waals surface area contributed by atoms with Gasteiger partial charge in [-0.3, -0.25) is 4.90 Å². The summed E-state index contributed by atoms with van der Waals surface area (Å²) in [5, 5.41) is 0. The van der Waals surface area contributed by atoms with Crippen molar-refractivity contribution >= 4 is 34.3 Å². The molecule has 2 aliphatic heterocycles. The summed E-state index contributed by atoms with van der Waals surface area (Å²) in [5.41, 5.74) is 12.2.